The molecule has 4 heteroatoms. The summed E-state index contributed by atoms with van der Waals surface area (Å²) in [5.41, 5.74) is 6.64. The van der Waals surface area contributed by atoms with Gasteiger partial charge in [-0.3, -0.25) is 0 Å². The lowest BCUT2D eigenvalue weighted by Crippen LogP contribution is -2.09. The van der Waals surface area contributed by atoms with Gasteiger partial charge in [0.15, 0.2) is 0 Å². The summed E-state index contributed by atoms with van der Waals surface area (Å²) in [4.78, 5) is 2.21. The highest BCUT2D eigenvalue weighted by molar-refractivity contribution is 5.78. The molecule has 4 aromatic carbocycles. The second-order valence-corrected chi connectivity index (χ2v) is 8.97. The molecule has 0 radical (unpaired) electrons. The fourth-order valence-corrected chi connectivity index (χ4v) is 4.30. The van der Waals surface area contributed by atoms with Crippen LogP contribution in [0.3, 0.4) is 0 Å². The zero-order chi connectivity index (χ0) is 26.2. The lowest BCUT2D eigenvalue weighted by atomic mass is 9.96. The molecular formula is C33H35NO3. The van der Waals surface area contributed by atoms with Crippen molar-refractivity contribution in [2.45, 2.75) is 26.2 Å². The Balaban J connectivity index is 1.61. The Morgan fingerprint density at radius 1 is 0.622 bits per heavy atom. The van der Waals surface area contributed by atoms with Crippen LogP contribution in [-0.2, 0) is 0 Å². The predicted octanol–water partition coefficient (Wildman–Crippen LogP) is 8.87. The van der Waals surface area contributed by atoms with Gasteiger partial charge in [0.1, 0.15) is 17.2 Å². The maximum absolute atomic E-state index is 5.66. The van der Waals surface area contributed by atoms with Crippen molar-refractivity contribution in [1.82, 2.24) is 0 Å². The van der Waals surface area contributed by atoms with Crippen molar-refractivity contribution in [3.8, 4) is 17.2 Å². The molecule has 0 saturated heterocycles. The summed E-state index contributed by atoms with van der Waals surface area (Å²) in [7, 11) is 5.10. The van der Waals surface area contributed by atoms with E-state index in [0.29, 0.717) is 5.92 Å². The van der Waals surface area contributed by atoms with Gasteiger partial charge in [0, 0.05) is 17.1 Å². The van der Waals surface area contributed by atoms with Crippen LogP contribution in [0.4, 0.5) is 17.1 Å². The van der Waals surface area contributed by atoms with E-state index in [1.807, 2.05) is 24.3 Å². The first-order valence-electron chi connectivity index (χ1n) is 12.6. The normalized spacial score (nSPS) is 11.8. The molecule has 1 atom stereocenters. The molecule has 1 unspecified atom stereocenters. The van der Waals surface area contributed by atoms with Gasteiger partial charge in [-0.15, -0.1) is 0 Å². The number of nitrogens with zero attached hydrogens (tertiary/aromatic N) is 1. The van der Waals surface area contributed by atoms with E-state index in [-0.39, 0.29) is 0 Å². The number of benzene rings is 4. The minimum atomic E-state index is 0.472. The summed E-state index contributed by atoms with van der Waals surface area (Å²) < 4.78 is 16.4. The van der Waals surface area contributed by atoms with Crippen molar-refractivity contribution in [3.05, 3.63) is 108 Å². The van der Waals surface area contributed by atoms with E-state index in [1.54, 1.807) is 21.3 Å². The van der Waals surface area contributed by atoms with Crippen molar-refractivity contribution in [3.63, 3.8) is 0 Å². The van der Waals surface area contributed by atoms with Crippen LogP contribution in [0.5, 0.6) is 17.2 Å². The lowest BCUT2D eigenvalue weighted by Gasteiger charge is -2.26. The maximum Gasteiger partial charge on any atom is 0.122 e. The summed E-state index contributed by atoms with van der Waals surface area (Å²) in [5, 5.41) is 0. The van der Waals surface area contributed by atoms with Crippen LogP contribution in [0.25, 0.3) is 12.2 Å². The third kappa shape index (κ3) is 6.15. The topological polar surface area (TPSA) is 30.9 Å². The molecule has 0 aromatic heterocycles. The predicted molar refractivity (Wildman–Crippen MR) is 155 cm³/mol. The highest BCUT2D eigenvalue weighted by Gasteiger charge is 2.13. The van der Waals surface area contributed by atoms with Crippen molar-refractivity contribution in [2.75, 3.05) is 26.2 Å². The molecule has 0 aliphatic heterocycles. The van der Waals surface area contributed by atoms with Gasteiger partial charge in [-0.1, -0.05) is 50.3 Å². The summed E-state index contributed by atoms with van der Waals surface area (Å²) >= 11 is 0. The second kappa shape index (κ2) is 12.2. The van der Waals surface area contributed by atoms with Gasteiger partial charge in [-0.05, 0) is 95.8 Å². The summed E-state index contributed by atoms with van der Waals surface area (Å²) in [6.07, 6.45) is 5.34. The third-order valence-corrected chi connectivity index (χ3v) is 6.68. The monoisotopic (exact) mass is 493 g/mol. The zero-order valence-corrected chi connectivity index (χ0v) is 22.3. The van der Waals surface area contributed by atoms with Gasteiger partial charge in [0.05, 0.1) is 21.3 Å². The standard InChI is InChI=1S/C33H35NO3/c1-6-24(2)32-22-11-26(23-33(32)37-5)8-7-25-9-12-27(13-10-25)34(28-14-18-30(35-3)19-15-28)29-16-20-31(36-4)21-17-29/h7-24H,6H2,1-5H3. The van der Waals surface area contributed by atoms with E-state index in [4.69, 9.17) is 14.2 Å². The van der Waals surface area contributed by atoms with E-state index in [2.05, 4.69) is 97.6 Å². The van der Waals surface area contributed by atoms with E-state index in [0.717, 1.165) is 51.9 Å². The van der Waals surface area contributed by atoms with E-state index in [1.165, 1.54) is 5.56 Å². The van der Waals surface area contributed by atoms with Crippen LogP contribution in [0.1, 0.15) is 42.9 Å². The summed E-state index contributed by atoms with van der Waals surface area (Å²) in [6, 6.07) is 31.2. The second-order valence-electron chi connectivity index (χ2n) is 8.97. The fraction of sp³-hybridized carbons (Fsp3) is 0.212. The molecule has 4 rings (SSSR count). The van der Waals surface area contributed by atoms with Crippen molar-refractivity contribution in [1.29, 1.82) is 0 Å². The fourth-order valence-electron chi connectivity index (χ4n) is 4.30. The molecule has 0 bridgehead atoms. The average molecular weight is 494 g/mol. The number of ether oxygens (including phenoxy) is 3. The zero-order valence-electron chi connectivity index (χ0n) is 22.3. The van der Waals surface area contributed by atoms with Gasteiger partial charge in [0.2, 0.25) is 0 Å². The first kappa shape index (κ1) is 25.9. The Morgan fingerprint density at radius 2 is 1.08 bits per heavy atom. The first-order chi connectivity index (χ1) is 18.1. The molecule has 0 spiro atoms. The minimum Gasteiger partial charge on any atom is -0.497 e. The van der Waals surface area contributed by atoms with Crippen LogP contribution < -0.4 is 19.1 Å². The SMILES string of the molecule is CCC(C)c1ccc(C=Cc2ccc(N(c3ccc(OC)cc3)c3ccc(OC)cc3)cc2)cc1OC. The molecule has 0 N–H and O–H groups in total. The number of hydrogen-bond donors (Lipinski definition) is 0. The minimum absolute atomic E-state index is 0.472. The van der Waals surface area contributed by atoms with Crippen LogP contribution in [0.15, 0.2) is 91.0 Å². The van der Waals surface area contributed by atoms with Gasteiger partial charge in [-0.2, -0.15) is 0 Å². The molecule has 0 fully saturated rings. The summed E-state index contributed by atoms with van der Waals surface area (Å²) in [6.45, 7) is 4.43. The van der Waals surface area contributed by atoms with Crippen LogP contribution >= 0.6 is 0 Å². The highest BCUT2D eigenvalue weighted by Crippen LogP contribution is 2.36. The molecule has 0 saturated carbocycles. The van der Waals surface area contributed by atoms with E-state index < -0.39 is 0 Å². The van der Waals surface area contributed by atoms with E-state index >= 15 is 0 Å². The molecule has 0 amide bonds. The molecule has 4 aromatic rings. The van der Waals surface area contributed by atoms with Gasteiger partial charge in [0.25, 0.3) is 0 Å². The van der Waals surface area contributed by atoms with Crippen molar-refractivity contribution >= 4 is 29.2 Å². The molecule has 0 aliphatic rings. The lowest BCUT2D eigenvalue weighted by molar-refractivity contribution is 0.406. The summed E-state index contributed by atoms with van der Waals surface area (Å²) in [5.74, 6) is 3.07. The van der Waals surface area contributed by atoms with Crippen LogP contribution in [0, 0.1) is 0 Å². The molecule has 0 aliphatic carbocycles. The molecule has 0 heterocycles. The number of methoxy groups -OCH3 is 3. The maximum atomic E-state index is 5.66. The Labute approximate surface area is 220 Å². The Hall–Kier alpha value is -4.18. The van der Waals surface area contributed by atoms with Crippen molar-refractivity contribution < 1.29 is 14.2 Å². The highest BCUT2D eigenvalue weighted by atomic mass is 16.5. The first-order valence-corrected chi connectivity index (χ1v) is 12.6. The molecule has 37 heavy (non-hydrogen) atoms. The average Bonchev–Trinajstić information content (AvgIpc) is 2.97. The van der Waals surface area contributed by atoms with E-state index in [9.17, 15) is 0 Å². The molecular weight excluding hydrogens is 458 g/mol. The van der Waals surface area contributed by atoms with Crippen LogP contribution in [-0.4, -0.2) is 21.3 Å². The molecule has 4 nitrogen and oxygen atoms in total. The molecule has 190 valence electrons. The largest absolute Gasteiger partial charge is 0.497 e. The van der Waals surface area contributed by atoms with Crippen LogP contribution in [0.2, 0.25) is 0 Å². The van der Waals surface area contributed by atoms with Gasteiger partial charge < -0.3 is 19.1 Å². The van der Waals surface area contributed by atoms with Gasteiger partial charge in [-0.25, -0.2) is 0 Å². The Morgan fingerprint density at radius 3 is 1.54 bits per heavy atom. The number of rotatable bonds is 10. The van der Waals surface area contributed by atoms with Gasteiger partial charge >= 0.3 is 0 Å². The third-order valence-electron chi connectivity index (χ3n) is 6.68. The number of hydrogen-bond acceptors (Lipinski definition) is 4. The number of anilines is 3. The Bertz CT molecular complexity index is 1260. The van der Waals surface area contributed by atoms with Crippen molar-refractivity contribution in [2.24, 2.45) is 0 Å². The smallest absolute Gasteiger partial charge is 0.122 e. The Kier molecular flexibility index (Phi) is 8.52. The quantitative estimate of drug-likeness (QED) is 0.206.